The average molecular weight is 458 g/mol. The molecule has 3 N–H and O–H groups in total. The molecule has 1 aromatic carbocycles. The maximum absolute atomic E-state index is 13.5. The van der Waals surface area contributed by atoms with Crippen LogP contribution in [-0.4, -0.2) is 65.7 Å². The van der Waals surface area contributed by atoms with Gasteiger partial charge in [-0.2, -0.15) is 0 Å². The van der Waals surface area contributed by atoms with Crippen LogP contribution in [-0.2, 0) is 6.42 Å². The van der Waals surface area contributed by atoms with Crippen molar-refractivity contribution in [1.29, 1.82) is 0 Å². The molecule has 2 amide bonds. The zero-order valence-corrected chi connectivity index (χ0v) is 20.4. The Morgan fingerprint density at radius 2 is 2.06 bits per heavy atom. The summed E-state index contributed by atoms with van der Waals surface area (Å²) in [5.74, 6) is 0.324. The molecule has 0 bridgehead atoms. The van der Waals surface area contributed by atoms with Crippen molar-refractivity contribution in [3.05, 3.63) is 28.8 Å². The summed E-state index contributed by atoms with van der Waals surface area (Å²) in [4.78, 5) is 28.7. The van der Waals surface area contributed by atoms with E-state index in [4.69, 9.17) is 4.74 Å². The first-order valence-corrected chi connectivity index (χ1v) is 12.5. The molecular formula is C26H39N3O4. The topological polar surface area (TPSA) is 90.9 Å². The molecule has 4 atom stereocenters. The van der Waals surface area contributed by atoms with Gasteiger partial charge in [0.25, 0.3) is 11.8 Å². The van der Waals surface area contributed by atoms with Crippen LogP contribution in [0.2, 0.25) is 0 Å². The lowest BCUT2D eigenvalue weighted by molar-refractivity contribution is 0.0746. The number of hydrogen-bond acceptors (Lipinski definition) is 5. The summed E-state index contributed by atoms with van der Waals surface area (Å²) < 4.78 is 6.16. The number of benzene rings is 1. The van der Waals surface area contributed by atoms with Gasteiger partial charge in [0.05, 0.1) is 18.8 Å². The zero-order chi connectivity index (χ0) is 23.8. The number of aliphatic hydroxyl groups excluding tert-OH is 1. The fourth-order valence-corrected chi connectivity index (χ4v) is 5.29. The Kier molecular flexibility index (Phi) is 7.01. The third-order valence-corrected chi connectivity index (χ3v) is 7.57. The second-order valence-electron chi connectivity index (χ2n) is 10.9. The Labute approximate surface area is 197 Å². The molecule has 0 saturated carbocycles. The van der Waals surface area contributed by atoms with Crippen LogP contribution in [0.5, 0.6) is 5.75 Å². The minimum atomic E-state index is -0.666. The number of nitrogens with one attached hydrogen (secondary N) is 2. The van der Waals surface area contributed by atoms with E-state index in [0.717, 1.165) is 50.8 Å². The van der Waals surface area contributed by atoms with E-state index >= 15 is 0 Å². The van der Waals surface area contributed by atoms with Crippen molar-refractivity contribution in [2.45, 2.75) is 90.4 Å². The van der Waals surface area contributed by atoms with Crippen molar-refractivity contribution in [1.82, 2.24) is 15.5 Å². The SMILES string of the molecule is CC(NC(=O)c1cc(C(=O)N2CCCC2C)cc2c1CCC(C)(C)CO2)C(O)C1CCCN1. The first-order chi connectivity index (χ1) is 15.7. The molecule has 7 nitrogen and oxygen atoms in total. The summed E-state index contributed by atoms with van der Waals surface area (Å²) in [6, 6.07) is 3.33. The van der Waals surface area contributed by atoms with Crippen LogP contribution in [0.1, 0.15) is 86.1 Å². The monoisotopic (exact) mass is 457 g/mol. The number of ether oxygens (including phenoxy) is 1. The van der Waals surface area contributed by atoms with Crippen LogP contribution in [0.3, 0.4) is 0 Å². The highest BCUT2D eigenvalue weighted by Crippen LogP contribution is 2.36. The third kappa shape index (κ3) is 5.19. The molecule has 1 aromatic rings. The molecule has 0 spiro atoms. The summed E-state index contributed by atoms with van der Waals surface area (Å²) in [5.41, 5.74) is 1.82. The molecule has 4 rings (SSSR count). The van der Waals surface area contributed by atoms with E-state index in [2.05, 4.69) is 31.4 Å². The van der Waals surface area contributed by atoms with Gasteiger partial charge in [-0.25, -0.2) is 0 Å². The molecule has 3 heterocycles. The fraction of sp³-hybridized carbons (Fsp3) is 0.692. The molecule has 3 aliphatic heterocycles. The van der Waals surface area contributed by atoms with Gasteiger partial charge < -0.3 is 25.4 Å². The fourth-order valence-electron chi connectivity index (χ4n) is 5.29. The number of rotatable bonds is 5. The highest BCUT2D eigenvalue weighted by atomic mass is 16.5. The van der Waals surface area contributed by atoms with Crippen LogP contribution >= 0.6 is 0 Å². The molecule has 182 valence electrons. The normalized spacial score (nSPS) is 26.2. The van der Waals surface area contributed by atoms with Crippen LogP contribution in [0.25, 0.3) is 0 Å². The summed E-state index contributed by atoms with van der Waals surface area (Å²) in [7, 11) is 0. The highest BCUT2D eigenvalue weighted by molar-refractivity contribution is 6.02. The molecule has 0 aliphatic carbocycles. The first kappa shape index (κ1) is 24.0. The van der Waals surface area contributed by atoms with Gasteiger partial charge in [0.2, 0.25) is 0 Å². The van der Waals surface area contributed by atoms with E-state index in [-0.39, 0.29) is 29.3 Å². The Morgan fingerprint density at radius 1 is 1.27 bits per heavy atom. The largest absolute Gasteiger partial charge is 0.493 e. The van der Waals surface area contributed by atoms with Crippen molar-refractivity contribution < 1.29 is 19.4 Å². The van der Waals surface area contributed by atoms with Crippen molar-refractivity contribution in [3.63, 3.8) is 0 Å². The van der Waals surface area contributed by atoms with Gasteiger partial charge >= 0.3 is 0 Å². The standard InChI is InChI=1S/C26H39N3O4/c1-16-7-6-12-29(16)25(32)18-13-20(19-9-10-26(3,4)15-33-22(19)14-18)24(31)28-17(2)23(30)21-8-5-11-27-21/h13-14,16-17,21,23,27,30H,5-12,15H2,1-4H3,(H,28,31). The second kappa shape index (κ2) is 9.63. The molecular weight excluding hydrogens is 418 g/mol. The van der Waals surface area contributed by atoms with Crippen LogP contribution in [0.15, 0.2) is 12.1 Å². The number of likely N-dealkylation sites (tertiary alicyclic amines) is 1. The number of carbonyl (C=O) groups excluding carboxylic acids is 2. The van der Waals surface area contributed by atoms with Crippen molar-refractivity contribution in [3.8, 4) is 5.75 Å². The van der Waals surface area contributed by atoms with E-state index < -0.39 is 12.1 Å². The minimum Gasteiger partial charge on any atom is -0.493 e. The molecule has 3 aliphatic rings. The molecule has 33 heavy (non-hydrogen) atoms. The van der Waals surface area contributed by atoms with Crippen LogP contribution in [0, 0.1) is 5.41 Å². The van der Waals surface area contributed by atoms with Gasteiger partial charge in [-0.3, -0.25) is 9.59 Å². The first-order valence-electron chi connectivity index (χ1n) is 12.5. The predicted molar refractivity (Wildman–Crippen MR) is 128 cm³/mol. The van der Waals surface area contributed by atoms with Crippen LogP contribution < -0.4 is 15.4 Å². The number of hydrogen-bond donors (Lipinski definition) is 3. The minimum absolute atomic E-state index is 0.00823. The number of nitrogens with zero attached hydrogens (tertiary/aromatic N) is 1. The molecule has 2 saturated heterocycles. The van der Waals surface area contributed by atoms with Crippen molar-refractivity contribution in [2.24, 2.45) is 5.41 Å². The van der Waals surface area contributed by atoms with Gasteiger partial charge in [0.1, 0.15) is 5.75 Å². The second-order valence-corrected chi connectivity index (χ2v) is 10.9. The quantitative estimate of drug-likeness (QED) is 0.633. The number of carbonyl (C=O) groups is 2. The Morgan fingerprint density at radius 3 is 2.73 bits per heavy atom. The van der Waals surface area contributed by atoms with E-state index in [0.29, 0.717) is 29.9 Å². The van der Waals surface area contributed by atoms with E-state index in [1.165, 1.54) is 0 Å². The lowest BCUT2D eigenvalue weighted by Crippen LogP contribution is -2.49. The summed E-state index contributed by atoms with van der Waals surface area (Å²) in [5, 5.41) is 17.0. The van der Waals surface area contributed by atoms with Crippen LogP contribution in [0.4, 0.5) is 0 Å². The maximum atomic E-state index is 13.5. The van der Waals surface area contributed by atoms with Gasteiger partial charge in [0, 0.05) is 35.3 Å². The predicted octanol–water partition coefficient (Wildman–Crippen LogP) is 2.89. The number of aliphatic hydroxyl groups is 1. The van der Waals surface area contributed by atoms with Crippen molar-refractivity contribution in [2.75, 3.05) is 19.7 Å². The van der Waals surface area contributed by atoms with Gasteiger partial charge in [-0.1, -0.05) is 13.8 Å². The Bertz CT molecular complexity index is 894. The maximum Gasteiger partial charge on any atom is 0.254 e. The van der Waals surface area contributed by atoms with E-state index in [9.17, 15) is 14.7 Å². The van der Waals surface area contributed by atoms with Gasteiger partial charge in [-0.15, -0.1) is 0 Å². The summed E-state index contributed by atoms with van der Waals surface area (Å²) in [6.07, 6.45) is 4.86. The highest BCUT2D eigenvalue weighted by Gasteiger charge is 2.33. The Balaban J connectivity index is 1.63. The molecule has 7 heteroatoms. The smallest absolute Gasteiger partial charge is 0.254 e. The lowest BCUT2D eigenvalue weighted by atomic mass is 9.87. The van der Waals surface area contributed by atoms with Gasteiger partial charge in [-0.05, 0) is 76.5 Å². The molecule has 2 fully saturated rings. The van der Waals surface area contributed by atoms with E-state index in [1.807, 2.05) is 17.9 Å². The number of fused-ring (bicyclic) bond motifs is 1. The molecule has 4 unspecified atom stereocenters. The lowest BCUT2D eigenvalue weighted by Gasteiger charge is -2.26. The third-order valence-electron chi connectivity index (χ3n) is 7.57. The van der Waals surface area contributed by atoms with Gasteiger partial charge in [0.15, 0.2) is 0 Å². The average Bonchev–Trinajstić information content (AvgIpc) is 3.44. The molecule has 0 radical (unpaired) electrons. The van der Waals surface area contributed by atoms with Crippen molar-refractivity contribution >= 4 is 11.8 Å². The summed E-state index contributed by atoms with van der Waals surface area (Å²) in [6.45, 7) is 10.4. The zero-order valence-electron chi connectivity index (χ0n) is 20.4. The molecule has 0 aromatic heterocycles. The number of amides is 2. The summed E-state index contributed by atoms with van der Waals surface area (Å²) >= 11 is 0. The Hall–Kier alpha value is -2.12. The van der Waals surface area contributed by atoms with E-state index in [1.54, 1.807) is 6.07 Å².